The molecular formula is C21H28N4O2. The van der Waals surface area contributed by atoms with Gasteiger partial charge in [-0.15, -0.1) is 5.10 Å². The van der Waals surface area contributed by atoms with Gasteiger partial charge in [-0.1, -0.05) is 38.1 Å². The zero-order valence-corrected chi connectivity index (χ0v) is 16.2. The maximum absolute atomic E-state index is 12.5. The Labute approximate surface area is 160 Å². The molecule has 6 heteroatoms. The van der Waals surface area contributed by atoms with Gasteiger partial charge in [-0.25, -0.2) is 0 Å². The maximum atomic E-state index is 12.5. The van der Waals surface area contributed by atoms with Crippen molar-refractivity contribution in [2.45, 2.75) is 39.2 Å². The molecule has 6 nitrogen and oxygen atoms in total. The number of amides is 1. The van der Waals surface area contributed by atoms with E-state index in [1.54, 1.807) is 0 Å². The van der Waals surface area contributed by atoms with Crippen molar-refractivity contribution in [3.8, 4) is 0 Å². The van der Waals surface area contributed by atoms with Crippen LogP contribution in [0.25, 0.3) is 0 Å². The number of hydrogen-bond donors (Lipinski definition) is 2. The molecule has 27 heavy (non-hydrogen) atoms. The summed E-state index contributed by atoms with van der Waals surface area (Å²) in [5, 5.41) is 21.1. The third-order valence-corrected chi connectivity index (χ3v) is 5.14. The Hall–Kier alpha value is -2.47. The summed E-state index contributed by atoms with van der Waals surface area (Å²) in [7, 11) is 0. The number of nitrogens with one attached hydrogen (secondary N) is 1. The molecule has 3 rings (SSSR count). The number of aliphatic hydroxyl groups is 1. The van der Waals surface area contributed by atoms with Crippen LogP contribution in [0.3, 0.4) is 0 Å². The molecule has 0 unspecified atom stereocenters. The second-order valence-corrected chi connectivity index (χ2v) is 7.63. The third-order valence-electron chi connectivity index (χ3n) is 5.14. The van der Waals surface area contributed by atoms with E-state index in [4.69, 9.17) is 0 Å². The minimum Gasteiger partial charge on any atom is -0.396 e. The number of nitrogens with zero attached hydrogens (tertiary/aromatic N) is 3. The van der Waals surface area contributed by atoms with E-state index in [9.17, 15) is 9.90 Å². The first-order valence-corrected chi connectivity index (χ1v) is 9.50. The number of hydrogen-bond acceptors (Lipinski definition) is 5. The summed E-state index contributed by atoms with van der Waals surface area (Å²) >= 11 is 0. The number of aryl methyl sites for hydroxylation is 1. The lowest BCUT2D eigenvalue weighted by molar-refractivity contribution is -0.121. The number of aromatic nitrogens is 2. The molecule has 0 saturated carbocycles. The molecule has 1 saturated heterocycles. The van der Waals surface area contributed by atoms with Crippen LogP contribution in [0.5, 0.6) is 0 Å². The highest BCUT2D eigenvalue weighted by molar-refractivity contribution is 5.79. The topological polar surface area (TPSA) is 78.4 Å². The number of benzene rings is 1. The van der Waals surface area contributed by atoms with Gasteiger partial charge < -0.3 is 15.3 Å². The fraction of sp³-hybridized carbons (Fsp3) is 0.476. The van der Waals surface area contributed by atoms with Gasteiger partial charge in [0.05, 0.1) is 18.2 Å². The fourth-order valence-electron chi connectivity index (χ4n) is 3.43. The Kier molecular flexibility index (Phi) is 6.06. The fourth-order valence-corrected chi connectivity index (χ4v) is 3.43. The lowest BCUT2D eigenvalue weighted by atomic mass is 10.0. The molecule has 1 fully saturated rings. The van der Waals surface area contributed by atoms with Gasteiger partial charge in [0.1, 0.15) is 0 Å². The summed E-state index contributed by atoms with van der Waals surface area (Å²) in [5.74, 6) is 1.22. The van der Waals surface area contributed by atoms with Gasteiger partial charge in [0.2, 0.25) is 5.91 Å². The molecular weight excluding hydrogens is 340 g/mol. The minimum absolute atomic E-state index is 0.0135. The Morgan fingerprint density at radius 2 is 1.93 bits per heavy atom. The van der Waals surface area contributed by atoms with Gasteiger partial charge in [0, 0.05) is 25.6 Å². The van der Waals surface area contributed by atoms with Crippen molar-refractivity contribution in [3.63, 3.8) is 0 Å². The first-order chi connectivity index (χ1) is 13.0. The van der Waals surface area contributed by atoms with Crippen LogP contribution in [-0.4, -0.2) is 46.9 Å². The van der Waals surface area contributed by atoms with Gasteiger partial charge in [0.15, 0.2) is 5.82 Å². The molecule has 0 bridgehead atoms. The lowest BCUT2D eigenvalue weighted by Crippen LogP contribution is -2.42. The monoisotopic (exact) mass is 368 g/mol. The molecule has 2 aromatic rings. The van der Waals surface area contributed by atoms with Crippen LogP contribution in [0.2, 0.25) is 0 Å². The van der Waals surface area contributed by atoms with E-state index in [1.807, 2.05) is 31.2 Å². The predicted molar refractivity (Wildman–Crippen MR) is 106 cm³/mol. The molecule has 2 N–H and O–H groups in total. The lowest BCUT2D eigenvalue weighted by Gasteiger charge is -2.18. The first-order valence-electron chi connectivity index (χ1n) is 9.50. The van der Waals surface area contributed by atoms with Crippen LogP contribution in [0.15, 0.2) is 36.4 Å². The Morgan fingerprint density at radius 1 is 1.19 bits per heavy atom. The molecule has 0 radical (unpaired) electrons. The second kappa shape index (κ2) is 8.48. The standard InChI is InChI=1S/C21H28N4O2/c1-14(2)17-7-5-16(6-8-17)10-21(27)22-19-12-25(11-18(19)13-26)20-9-4-15(3)23-24-20/h4-9,14,18-19,26H,10-13H2,1-3H3,(H,22,27)/t18-,19+/m1/s1. The number of anilines is 1. The average Bonchev–Trinajstić information content (AvgIpc) is 3.05. The van der Waals surface area contributed by atoms with Crippen molar-refractivity contribution >= 4 is 11.7 Å². The molecule has 1 aliphatic heterocycles. The molecule has 2 atom stereocenters. The predicted octanol–water partition coefficient (Wildman–Crippen LogP) is 2.06. The highest BCUT2D eigenvalue weighted by Gasteiger charge is 2.34. The smallest absolute Gasteiger partial charge is 0.224 e. The minimum atomic E-state index is -0.0967. The van der Waals surface area contributed by atoms with Gasteiger partial charge >= 0.3 is 0 Å². The normalized spacial score (nSPS) is 19.5. The highest BCUT2D eigenvalue weighted by atomic mass is 16.3. The van der Waals surface area contributed by atoms with Gasteiger partial charge in [-0.2, -0.15) is 5.10 Å². The highest BCUT2D eigenvalue weighted by Crippen LogP contribution is 2.22. The zero-order valence-electron chi connectivity index (χ0n) is 16.2. The number of carbonyl (C=O) groups is 1. The summed E-state index contributed by atoms with van der Waals surface area (Å²) < 4.78 is 0. The summed E-state index contributed by atoms with van der Waals surface area (Å²) in [4.78, 5) is 14.6. The molecule has 1 aromatic heterocycles. The van der Waals surface area contributed by atoms with E-state index in [-0.39, 0.29) is 24.5 Å². The quantitative estimate of drug-likeness (QED) is 0.816. The van der Waals surface area contributed by atoms with Crippen LogP contribution < -0.4 is 10.2 Å². The van der Waals surface area contributed by atoms with Crippen molar-refractivity contribution in [3.05, 3.63) is 53.2 Å². The Morgan fingerprint density at radius 3 is 2.52 bits per heavy atom. The zero-order chi connectivity index (χ0) is 19.4. The molecule has 1 aliphatic rings. The molecule has 1 aromatic carbocycles. The van der Waals surface area contributed by atoms with E-state index >= 15 is 0 Å². The summed E-state index contributed by atoms with van der Waals surface area (Å²) in [5.41, 5.74) is 3.13. The van der Waals surface area contributed by atoms with Crippen LogP contribution >= 0.6 is 0 Å². The maximum Gasteiger partial charge on any atom is 0.224 e. The molecule has 0 spiro atoms. The Bertz CT molecular complexity index is 759. The number of carbonyl (C=O) groups excluding carboxylic acids is 1. The van der Waals surface area contributed by atoms with Crippen molar-refractivity contribution in [2.75, 3.05) is 24.6 Å². The van der Waals surface area contributed by atoms with E-state index in [1.165, 1.54) is 5.56 Å². The Balaban J connectivity index is 1.59. The van der Waals surface area contributed by atoms with Crippen molar-refractivity contribution in [1.29, 1.82) is 0 Å². The summed E-state index contributed by atoms with van der Waals surface area (Å²) in [6, 6.07) is 11.9. The van der Waals surface area contributed by atoms with Gasteiger partial charge in [-0.3, -0.25) is 4.79 Å². The first kappa shape index (κ1) is 19.3. The van der Waals surface area contributed by atoms with E-state index in [0.717, 1.165) is 17.1 Å². The second-order valence-electron chi connectivity index (χ2n) is 7.63. The molecule has 0 aliphatic carbocycles. The number of rotatable bonds is 6. The summed E-state index contributed by atoms with van der Waals surface area (Å²) in [6.45, 7) is 7.52. The van der Waals surface area contributed by atoms with Crippen LogP contribution in [0.4, 0.5) is 5.82 Å². The van der Waals surface area contributed by atoms with Gasteiger partial charge in [0.25, 0.3) is 0 Å². The molecule has 1 amide bonds. The van der Waals surface area contributed by atoms with Crippen molar-refractivity contribution < 1.29 is 9.90 Å². The van der Waals surface area contributed by atoms with E-state index in [0.29, 0.717) is 25.4 Å². The largest absolute Gasteiger partial charge is 0.396 e. The van der Waals surface area contributed by atoms with Gasteiger partial charge in [-0.05, 0) is 36.1 Å². The van der Waals surface area contributed by atoms with Crippen molar-refractivity contribution in [1.82, 2.24) is 15.5 Å². The van der Waals surface area contributed by atoms with Crippen LogP contribution in [0, 0.1) is 12.8 Å². The molecule has 144 valence electrons. The van der Waals surface area contributed by atoms with Crippen molar-refractivity contribution in [2.24, 2.45) is 5.92 Å². The number of aliphatic hydroxyl groups excluding tert-OH is 1. The van der Waals surface area contributed by atoms with E-state index < -0.39 is 0 Å². The SMILES string of the molecule is Cc1ccc(N2C[C@H](CO)[C@@H](NC(=O)Cc3ccc(C(C)C)cc3)C2)nn1. The average molecular weight is 368 g/mol. The van der Waals surface area contributed by atoms with Crippen LogP contribution in [-0.2, 0) is 11.2 Å². The third kappa shape index (κ3) is 4.83. The molecule has 2 heterocycles. The summed E-state index contributed by atoms with van der Waals surface area (Å²) in [6.07, 6.45) is 0.345. The van der Waals surface area contributed by atoms with E-state index in [2.05, 4.69) is 46.4 Å². The van der Waals surface area contributed by atoms with Crippen LogP contribution in [0.1, 0.15) is 36.6 Å².